The largest absolute Gasteiger partial charge is 0.342 e. The maximum atomic E-state index is 14.7. The topological polar surface area (TPSA) is 186 Å². The Morgan fingerprint density at radius 1 is 0.460 bits per heavy atom. The minimum Gasteiger partial charge on any atom is -0.342 e. The zero-order chi connectivity index (χ0) is 45.0. The molecule has 3 aromatic rings. The van der Waals surface area contributed by atoms with E-state index in [1.807, 2.05) is 119 Å². The molecule has 3 heterocycles. The van der Waals surface area contributed by atoms with E-state index >= 15 is 0 Å². The van der Waals surface area contributed by atoms with Gasteiger partial charge < -0.3 is 36.4 Å². The van der Waals surface area contributed by atoms with Gasteiger partial charge in [-0.2, -0.15) is 0 Å². The van der Waals surface area contributed by atoms with Crippen molar-refractivity contribution in [2.75, 3.05) is 13.1 Å². The summed E-state index contributed by atoms with van der Waals surface area (Å²) >= 11 is 0. The van der Waals surface area contributed by atoms with Gasteiger partial charge in [0.15, 0.2) is 0 Å². The summed E-state index contributed by atoms with van der Waals surface area (Å²) in [6.45, 7) is 8.01. The van der Waals surface area contributed by atoms with Crippen molar-refractivity contribution in [1.29, 1.82) is 0 Å². The number of fused-ring (bicyclic) bond motifs is 2. The monoisotopic (exact) mass is 861 g/mol. The molecule has 3 aliphatic heterocycles. The van der Waals surface area contributed by atoms with Crippen molar-refractivity contribution in [3.8, 4) is 0 Å². The Morgan fingerprint density at radius 2 is 0.794 bits per heavy atom. The van der Waals surface area contributed by atoms with E-state index in [4.69, 9.17) is 0 Å². The zero-order valence-electron chi connectivity index (χ0n) is 36.9. The average Bonchev–Trinajstić information content (AvgIpc) is 4.00. The number of carbonyl (C=O) groups is 7. The fourth-order valence-corrected chi connectivity index (χ4v) is 8.86. The maximum absolute atomic E-state index is 14.7. The molecule has 3 saturated heterocycles. The Morgan fingerprint density at radius 3 is 1.16 bits per heavy atom. The summed E-state index contributed by atoms with van der Waals surface area (Å²) in [5.41, 5.74) is 2.33. The van der Waals surface area contributed by atoms with E-state index in [9.17, 15) is 33.6 Å². The highest BCUT2D eigenvalue weighted by atomic mass is 16.2. The summed E-state index contributed by atoms with van der Waals surface area (Å²) in [5.74, 6) is -4.40. The molecule has 0 bridgehead atoms. The highest BCUT2D eigenvalue weighted by molar-refractivity contribution is 5.99. The third-order valence-corrected chi connectivity index (χ3v) is 13.0. The van der Waals surface area contributed by atoms with Crippen LogP contribution in [0.15, 0.2) is 91.0 Å². The Hall–Kier alpha value is -6.05. The lowest BCUT2D eigenvalue weighted by atomic mass is 9.96. The first-order chi connectivity index (χ1) is 30.4. The second-order valence-electron chi connectivity index (χ2n) is 17.4. The molecule has 63 heavy (non-hydrogen) atoms. The molecule has 6 rings (SSSR count). The number of hydrogen-bond acceptors (Lipinski definition) is 7. The summed E-state index contributed by atoms with van der Waals surface area (Å²) < 4.78 is 0. The number of nitrogens with zero attached hydrogens (tertiary/aromatic N) is 2. The Kier molecular flexibility index (Phi) is 16.1. The normalized spacial score (nSPS) is 26.5. The van der Waals surface area contributed by atoms with Crippen LogP contribution in [0.1, 0.15) is 82.9 Å². The first kappa shape index (κ1) is 46.5. The van der Waals surface area contributed by atoms with Crippen LogP contribution in [0.3, 0.4) is 0 Å². The first-order valence-corrected chi connectivity index (χ1v) is 22.6. The highest BCUT2D eigenvalue weighted by Crippen LogP contribution is 2.24. The van der Waals surface area contributed by atoms with Gasteiger partial charge in [-0.05, 0) is 54.2 Å². The van der Waals surface area contributed by atoms with Crippen molar-refractivity contribution < 1.29 is 33.6 Å². The van der Waals surface area contributed by atoms with Gasteiger partial charge in [-0.15, -0.1) is 0 Å². The lowest BCUT2D eigenvalue weighted by Gasteiger charge is -2.33. The molecule has 336 valence electrons. The van der Waals surface area contributed by atoms with E-state index in [2.05, 4.69) is 26.6 Å². The molecule has 14 nitrogen and oxygen atoms in total. The molecule has 0 saturated carbocycles. The van der Waals surface area contributed by atoms with E-state index in [1.54, 1.807) is 0 Å². The van der Waals surface area contributed by atoms with Gasteiger partial charge in [-0.1, -0.05) is 132 Å². The number of rotatable bonds is 10. The molecule has 14 heteroatoms. The minimum absolute atomic E-state index is 0.0896. The number of amides is 7. The first-order valence-electron chi connectivity index (χ1n) is 22.6. The van der Waals surface area contributed by atoms with Crippen LogP contribution in [-0.2, 0) is 52.8 Å². The van der Waals surface area contributed by atoms with Gasteiger partial charge in [0.05, 0.1) is 0 Å². The minimum atomic E-state index is -1.15. The number of hydrogen-bond donors (Lipinski definition) is 5. The Labute approximate surface area is 370 Å². The van der Waals surface area contributed by atoms with Crippen molar-refractivity contribution in [1.82, 2.24) is 36.4 Å². The van der Waals surface area contributed by atoms with E-state index < -0.39 is 83.6 Å². The molecule has 0 radical (unpaired) electrons. The van der Waals surface area contributed by atoms with Crippen molar-refractivity contribution in [3.05, 3.63) is 108 Å². The van der Waals surface area contributed by atoms with E-state index in [-0.39, 0.29) is 44.2 Å². The predicted octanol–water partition coefficient (Wildman–Crippen LogP) is 3.23. The summed E-state index contributed by atoms with van der Waals surface area (Å²) in [6, 6.07) is 20.4. The van der Waals surface area contributed by atoms with Crippen molar-refractivity contribution in [2.24, 2.45) is 11.8 Å². The number of benzene rings is 3. The standard InChI is InChI=1S/C49H63N7O7/c1-5-31(3)41-46(60)50-36(28-33-18-10-7-11-19-33)43(57)51-37(29-34-20-12-8-13-21-34)48(62)55-26-16-24-39(55)45(59)54-42(32(4)6-2)47(61)52-38(30-35-22-14-9-15-23-35)49(63)56-27-17-25-40(56)44(58)53-41/h7-15,18-23,31-32,36-42H,5-6,16-17,24-30H2,1-4H3,(H,50,60)(H,51,57)(H,52,61)(H,53,58)(H,54,59)/t31-,32-,36-,37-,38-,39-,40-,41-,42-/m0/s1. The highest BCUT2D eigenvalue weighted by Gasteiger charge is 2.43. The van der Waals surface area contributed by atoms with Crippen molar-refractivity contribution in [2.45, 2.75) is 128 Å². The predicted molar refractivity (Wildman–Crippen MR) is 238 cm³/mol. The van der Waals surface area contributed by atoms with Crippen LogP contribution < -0.4 is 26.6 Å². The SMILES string of the molecule is CC[C@H](C)[C@@H]1NC(=O)[C@@H]2CCCN2C(=O)[C@H](Cc2ccccc2)NC(=O)[C@H](Cc2ccccc2)NC(=O)[C@H]([C@@H](C)CC)NC(=O)[C@@H]2CCCN2C(=O)[C@H](Cc2ccccc2)NC1=O. The van der Waals surface area contributed by atoms with E-state index in [0.29, 0.717) is 38.5 Å². The summed E-state index contributed by atoms with van der Waals surface area (Å²) in [6.07, 6.45) is 3.11. The number of nitrogens with one attached hydrogen (secondary N) is 5. The van der Waals surface area contributed by atoms with Crippen LogP contribution in [0.25, 0.3) is 0 Å². The summed E-state index contributed by atoms with van der Waals surface area (Å²) in [4.78, 5) is 104. The van der Waals surface area contributed by atoms with Gasteiger partial charge in [0, 0.05) is 32.4 Å². The quantitative estimate of drug-likeness (QED) is 0.207. The van der Waals surface area contributed by atoms with Gasteiger partial charge in [-0.25, -0.2) is 0 Å². The Balaban J connectivity index is 1.42. The molecular formula is C49H63N7O7. The van der Waals surface area contributed by atoms with Gasteiger partial charge in [-0.3, -0.25) is 33.6 Å². The van der Waals surface area contributed by atoms with E-state index in [0.717, 1.165) is 16.7 Å². The smallest absolute Gasteiger partial charge is 0.246 e. The fourth-order valence-electron chi connectivity index (χ4n) is 8.86. The lowest BCUT2D eigenvalue weighted by Crippen LogP contribution is -2.61. The van der Waals surface area contributed by atoms with Gasteiger partial charge >= 0.3 is 0 Å². The van der Waals surface area contributed by atoms with Gasteiger partial charge in [0.1, 0.15) is 42.3 Å². The molecule has 0 unspecified atom stereocenters. The molecule has 3 fully saturated rings. The summed E-state index contributed by atoms with van der Waals surface area (Å²) in [7, 11) is 0. The molecule has 5 N–H and O–H groups in total. The second kappa shape index (κ2) is 21.8. The van der Waals surface area contributed by atoms with Crippen molar-refractivity contribution >= 4 is 41.4 Å². The van der Waals surface area contributed by atoms with Crippen molar-refractivity contribution in [3.63, 3.8) is 0 Å². The molecule has 0 aliphatic carbocycles. The molecule has 9 atom stereocenters. The third kappa shape index (κ3) is 11.7. The second-order valence-corrected chi connectivity index (χ2v) is 17.4. The molecule has 0 aromatic heterocycles. The van der Waals surface area contributed by atoms with Crippen LogP contribution in [0.4, 0.5) is 0 Å². The van der Waals surface area contributed by atoms with E-state index in [1.165, 1.54) is 9.80 Å². The van der Waals surface area contributed by atoms with Crippen LogP contribution in [0.5, 0.6) is 0 Å². The molecule has 3 aliphatic rings. The van der Waals surface area contributed by atoms with Crippen LogP contribution in [0.2, 0.25) is 0 Å². The van der Waals surface area contributed by atoms with Gasteiger partial charge in [0.25, 0.3) is 0 Å². The molecule has 0 spiro atoms. The average molecular weight is 862 g/mol. The number of carbonyl (C=O) groups excluding carboxylic acids is 7. The Bertz CT molecular complexity index is 2070. The van der Waals surface area contributed by atoms with Crippen LogP contribution >= 0.6 is 0 Å². The van der Waals surface area contributed by atoms with Crippen LogP contribution in [0, 0.1) is 11.8 Å². The molecule has 7 amide bonds. The molecular weight excluding hydrogens is 799 g/mol. The summed E-state index contributed by atoms with van der Waals surface area (Å²) in [5, 5.41) is 14.8. The fraction of sp³-hybridized carbons (Fsp3) is 0.490. The third-order valence-electron chi connectivity index (χ3n) is 13.0. The zero-order valence-corrected chi connectivity index (χ0v) is 36.9. The van der Waals surface area contributed by atoms with Crippen LogP contribution in [-0.4, -0.2) is 107 Å². The lowest BCUT2D eigenvalue weighted by molar-refractivity contribution is -0.143. The molecule has 3 aromatic carbocycles. The van der Waals surface area contributed by atoms with Gasteiger partial charge in [0.2, 0.25) is 41.4 Å². The maximum Gasteiger partial charge on any atom is 0.246 e.